The van der Waals surface area contributed by atoms with Crippen LogP contribution < -0.4 is 0 Å². The van der Waals surface area contributed by atoms with Gasteiger partial charge in [0, 0.05) is 12.0 Å². The maximum absolute atomic E-state index is 6.98. The first-order valence-corrected chi connectivity index (χ1v) is 3.93. The van der Waals surface area contributed by atoms with Crippen LogP contribution in [-0.2, 0) is 0 Å². The molecule has 0 radical (unpaired) electrons. The monoisotopic (exact) mass is 215 g/mol. The lowest BCUT2D eigenvalue weighted by Crippen LogP contribution is -1.73. The summed E-state index contributed by atoms with van der Waals surface area (Å²) in [6.07, 6.45) is 2.02. The molecule has 0 saturated carbocycles. The van der Waals surface area contributed by atoms with Crippen LogP contribution >= 0.6 is 31.9 Å². The summed E-state index contributed by atoms with van der Waals surface area (Å²) in [6, 6.07) is 0. The zero-order valence-electron chi connectivity index (χ0n) is 4.45. The molecular weight excluding hydrogens is 208 g/mol. The molecular formula is C4H8Br2. The number of rotatable bonds is 3. The van der Waals surface area contributed by atoms with Gasteiger partial charge < -0.3 is 0 Å². The Morgan fingerprint density at radius 2 is 2.00 bits per heavy atom. The lowest BCUT2D eigenvalue weighted by molar-refractivity contribution is 0.919. The summed E-state index contributed by atoms with van der Waals surface area (Å²) in [4.78, 5) is 0. The average molecular weight is 217 g/mol. The first-order valence-electron chi connectivity index (χ1n) is 2.47. The molecule has 1 atom stereocenters. The molecule has 0 rings (SSSR count). The maximum atomic E-state index is 6.98. The van der Waals surface area contributed by atoms with Gasteiger partial charge in [-0.3, -0.25) is 0 Å². The standard InChI is InChI=1S/C4H8Br2/c5-3-1-2-4-6/h1-4H2/i3D. The van der Waals surface area contributed by atoms with Crippen LogP contribution in [0.2, 0.25) is 0 Å². The Hall–Kier alpha value is 0.960. The normalized spacial score (nSPS) is 16.7. The molecule has 0 aromatic heterocycles. The van der Waals surface area contributed by atoms with Crippen molar-refractivity contribution in [2.24, 2.45) is 0 Å². The Kier molecular flexibility index (Phi) is 5.07. The second-order valence-corrected chi connectivity index (χ2v) is 2.43. The Bertz CT molecular complexity index is 38.7. The third kappa shape index (κ3) is 4.96. The van der Waals surface area contributed by atoms with E-state index in [0.717, 1.165) is 18.2 Å². The van der Waals surface area contributed by atoms with Crippen LogP contribution in [-0.4, -0.2) is 10.6 Å². The highest BCUT2D eigenvalue weighted by Gasteiger charge is 1.77. The van der Waals surface area contributed by atoms with Crippen LogP contribution in [0.15, 0.2) is 0 Å². The van der Waals surface area contributed by atoms with Crippen molar-refractivity contribution >= 4 is 31.9 Å². The van der Waals surface area contributed by atoms with E-state index < -0.39 is 0 Å². The maximum Gasteiger partial charge on any atom is 0.0387 e. The Morgan fingerprint density at radius 3 is 2.17 bits per heavy atom. The second-order valence-electron chi connectivity index (χ2n) is 0.986. The lowest BCUT2D eigenvalue weighted by Gasteiger charge is -1.83. The molecule has 0 aliphatic carbocycles. The molecule has 2 heteroatoms. The highest BCUT2D eigenvalue weighted by molar-refractivity contribution is 9.09. The molecule has 0 aromatic carbocycles. The van der Waals surface area contributed by atoms with Crippen LogP contribution in [0.3, 0.4) is 0 Å². The summed E-state index contributed by atoms with van der Waals surface area (Å²) < 4.78 is 6.98. The quantitative estimate of drug-likeness (QED) is 0.637. The smallest absolute Gasteiger partial charge is 0.0387 e. The van der Waals surface area contributed by atoms with Crippen molar-refractivity contribution in [2.75, 3.05) is 10.6 Å². The first-order chi connectivity index (χ1) is 3.27. The number of halogens is 2. The fraction of sp³-hybridized carbons (Fsp3) is 1.00. The molecule has 6 heavy (non-hydrogen) atoms. The molecule has 0 saturated heterocycles. The van der Waals surface area contributed by atoms with Gasteiger partial charge in [-0.05, 0) is 12.8 Å². The fourth-order valence-electron chi connectivity index (χ4n) is 0.154. The van der Waals surface area contributed by atoms with Gasteiger partial charge in [0.05, 0.1) is 0 Å². The molecule has 0 N–H and O–H groups in total. The van der Waals surface area contributed by atoms with Gasteiger partial charge in [0.1, 0.15) is 0 Å². The lowest BCUT2D eigenvalue weighted by atomic mass is 10.4. The van der Waals surface area contributed by atoms with Gasteiger partial charge >= 0.3 is 0 Å². The molecule has 0 spiro atoms. The van der Waals surface area contributed by atoms with Crippen LogP contribution in [0.4, 0.5) is 0 Å². The van der Waals surface area contributed by atoms with Crippen LogP contribution in [0.1, 0.15) is 14.2 Å². The summed E-state index contributed by atoms with van der Waals surface area (Å²) in [5.41, 5.74) is 0. The summed E-state index contributed by atoms with van der Waals surface area (Å²) in [5.74, 6) is 0. The molecule has 1 unspecified atom stereocenters. The highest BCUT2D eigenvalue weighted by Crippen LogP contribution is 1.95. The number of hydrogen-bond donors (Lipinski definition) is 0. The third-order valence-electron chi connectivity index (χ3n) is 0.447. The average Bonchev–Trinajstić information content (AvgIpc) is 1.61. The van der Waals surface area contributed by atoms with E-state index in [1.807, 2.05) is 0 Å². The van der Waals surface area contributed by atoms with E-state index in [-0.39, 0.29) is 5.31 Å². The van der Waals surface area contributed by atoms with Gasteiger partial charge in [-0.2, -0.15) is 0 Å². The van der Waals surface area contributed by atoms with Crippen molar-refractivity contribution in [1.29, 1.82) is 0 Å². The zero-order chi connectivity index (χ0) is 5.70. The molecule has 0 aromatic rings. The molecule has 0 aliphatic rings. The van der Waals surface area contributed by atoms with Crippen LogP contribution in [0, 0.1) is 0 Å². The SMILES string of the molecule is [2H]C(Br)CCCBr. The van der Waals surface area contributed by atoms with Gasteiger partial charge in [0.15, 0.2) is 0 Å². The van der Waals surface area contributed by atoms with Crippen LogP contribution in [0.25, 0.3) is 0 Å². The van der Waals surface area contributed by atoms with Gasteiger partial charge in [0.2, 0.25) is 0 Å². The van der Waals surface area contributed by atoms with E-state index in [0.29, 0.717) is 0 Å². The minimum atomic E-state index is -0.0648. The number of alkyl halides is 2. The summed E-state index contributed by atoms with van der Waals surface area (Å²) in [6.45, 7) is 0. The van der Waals surface area contributed by atoms with E-state index in [1.165, 1.54) is 0 Å². The first kappa shape index (κ1) is 5.10. The van der Waals surface area contributed by atoms with Gasteiger partial charge in [-0.1, -0.05) is 31.9 Å². The second kappa shape index (κ2) is 5.96. The Labute approximate surface area is 57.0 Å². The van der Waals surface area contributed by atoms with E-state index in [1.54, 1.807) is 0 Å². The topological polar surface area (TPSA) is 0 Å². The summed E-state index contributed by atoms with van der Waals surface area (Å²) in [7, 11) is 0. The molecule has 0 amide bonds. The largest absolute Gasteiger partial charge is 0.0928 e. The van der Waals surface area contributed by atoms with Gasteiger partial charge in [-0.25, -0.2) is 0 Å². The molecule has 0 heterocycles. The van der Waals surface area contributed by atoms with Crippen LogP contribution in [0.5, 0.6) is 0 Å². The van der Waals surface area contributed by atoms with Gasteiger partial charge in [0.25, 0.3) is 0 Å². The van der Waals surface area contributed by atoms with E-state index in [9.17, 15) is 0 Å². The summed E-state index contributed by atoms with van der Waals surface area (Å²) >= 11 is 6.39. The molecule has 38 valence electrons. The Morgan fingerprint density at radius 1 is 1.33 bits per heavy atom. The van der Waals surface area contributed by atoms with Crippen molar-refractivity contribution in [3.63, 3.8) is 0 Å². The molecule has 0 aliphatic heterocycles. The minimum Gasteiger partial charge on any atom is -0.0928 e. The van der Waals surface area contributed by atoms with Crippen molar-refractivity contribution in [2.45, 2.75) is 12.8 Å². The zero-order valence-corrected chi connectivity index (χ0v) is 6.63. The van der Waals surface area contributed by atoms with Crippen molar-refractivity contribution in [1.82, 2.24) is 0 Å². The predicted molar refractivity (Wildman–Crippen MR) is 36.8 cm³/mol. The van der Waals surface area contributed by atoms with Gasteiger partial charge in [-0.15, -0.1) is 0 Å². The molecule has 0 bridgehead atoms. The fourth-order valence-corrected chi connectivity index (χ4v) is 0.802. The van der Waals surface area contributed by atoms with Crippen molar-refractivity contribution < 1.29 is 1.37 Å². The van der Waals surface area contributed by atoms with E-state index in [2.05, 4.69) is 31.9 Å². The van der Waals surface area contributed by atoms with Crippen molar-refractivity contribution in [3.8, 4) is 0 Å². The van der Waals surface area contributed by atoms with E-state index >= 15 is 0 Å². The van der Waals surface area contributed by atoms with E-state index in [4.69, 9.17) is 1.37 Å². The number of hydrogen-bond acceptors (Lipinski definition) is 0. The molecule has 0 fully saturated rings. The highest BCUT2D eigenvalue weighted by atomic mass is 79.9. The summed E-state index contributed by atoms with van der Waals surface area (Å²) in [5, 5.41) is 0.943. The van der Waals surface area contributed by atoms with Crippen molar-refractivity contribution in [3.05, 3.63) is 0 Å². The Balaban J connectivity index is 2.68. The third-order valence-corrected chi connectivity index (χ3v) is 1.47. The minimum absolute atomic E-state index is 0.0648. The molecule has 0 nitrogen and oxygen atoms in total. The predicted octanol–water partition coefficient (Wildman–Crippen LogP) is 2.56.